The van der Waals surface area contributed by atoms with E-state index in [0.29, 0.717) is 17.8 Å². The molecule has 2 aromatic heterocycles. The van der Waals surface area contributed by atoms with Crippen molar-refractivity contribution in [1.29, 1.82) is 0 Å². The molecule has 0 saturated carbocycles. The van der Waals surface area contributed by atoms with Crippen molar-refractivity contribution in [3.8, 4) is 0 Å². The quantitative estimate of drug-likeness (QED) is 0.664. The summed E-state index contributed by atoms with van der Waals surface area (Å²) in [6, 6.07) is 3.30. The maximum Gasteiger partial charge on any atom is 0.279 e. The lowest BCUT2D eigenvalue weighted by Gasteiger charge is -2.08. The zero-order valence-corrected chi connectivity index (χ0v) is 11.9. The fourth-order valence-corrected chi connectivity index (χ4v) is 2.86. The fourth-order valence-electron chi connectivity index (χ4n) is 1.69. The zero-order valence-electron chi connectivity index (χ0n) is 11.1. The van der Waals surface area contributed by atoms with E-state index in [1.807, 2.05) is 6.92 Å². The van der Waals surface area contributed by atoms with Crippen molar-refractivity contribution in [2.75, 3.05) is 11.3 Å². The minimum atomic E-state index is -3.69. The normalized spacial score (nSPS) is 11.4. The van der Waals surface area contributed by atoms with Gasteiger partial charge in [0.1, 0.15) is 0 Å². The summed E-state index contributed by atoms with van der Waals surface area (Å²) in [4.78, 5) is 3.87. The van der Waals surface area contributed by atoms with E-state index in [2.05, 4.69) is 25.2 Å². The van der Waals surface area contributed by atoms with Crippen LogP contribution in [-0.2, 0) is 16.6 Å². The van der Waals surface area contributed by atoms with Gasteiger partial charge in [0, 0.05) is 18.3 Å². The lowest BCUT2D eigenvalue weighted by Crippen LogP contribution is -2.19. The van der Waals surface area contributed by atoms with Crippen molar-refractivity contribution in [1.82, 2.24) is 20.5 Å². The third kappa shape index (κ3) is 3.55. The van der Waals surface area contributed by atoms with Crippen LogP contribution in [0.25, 0.3) is 0 Å². The molecule has 20 heavy (non-hydrogen) atoms. The average molecular weight is 295 g/mol. The van der Waals surface area contributed by atoms with Crippen LogP contribution in [0.5, 0.6) is 0 Å². The SMILES string of the molecule is CCCNCc1cn[nH]c1S(=O)(=O)Nc1cccnc1. The molecule has 0 amide bonds. The van der Waals surface area contributed by atoms with Crippen LogP contribution in [0.4, 0.5) is 5.69 Å². The number of nitrogens with one attached hydrogen (secondary N) is 3. The Morgan fingerprint density at radius 3 is 2.90 bits per heavy atom. The first-order valence-corrected chi connectivity index (χ1v) is 7.77. The lowest BCUT2D eigenvalue weighted by molar-refractivity contribution is 0.593. The van der Waals surface area contributed by atoms with Crippen LogP contribution in [0.1, 0.15) is 18.9 Å². The Balaban J connectivity index is 2.15. The molecule has 0 saturated heterocycles. The maximum absolute atomic E-state index is 12.3. The molecule has 108 valence electrons. The highest BCUT2D eigenvalue weighted by Gasteiger charge is 2.20. The van der Waals surface area contributed by atoms with Gasteiger partial charge in [-0.15, -0.1) is 0 Å². The predicted octanol–water partition coefficient (Wildman–Crippen LogP) is 1.11. The van der Waals surface area contributed by atoms with Gasteiger partial charge in [0.05, 0.1) is 18.1 Å². The highest BCUT2D eigenvalue weighted by molar-refractivity contribution is 7.92. The smallest absolute Gasteiger partial charge is 0.279 e. The molecule has 2 heterocycles. The summed E-state index contributed by atoms with van der Waals surface area (Å²) < 4.78 is 27.0. The van der Waals surface area contributed by atoms with Gasteiger partial charge in [-0.25, -0.2) is 0 Å². The summed E-state index contributed by atoms with van der Waals surface area (Å²) in [5.74, 6) is 0. The Bertz CT molecular complexity index is 639. The topological polar surface area (TPSA) is 99.8 Å². The minimum absolute atomic E-state index is 0.0740. The number of anilines is 1. The van der Waals surface area contributed by atoms with Crippen LogP contribution in [0, 0.1) is 0 Å². The number of aromatic amines is 1. The molecule has 8 heteroatoms. The summed E-state index contributed by atoms with van der Waals surface area (Å²) in [7, 11) is -3.69. The molecule has 0 aromatic carbocycles. The van der Waals surface area contributed by atoms with E-state index in [1.165, 1.54) is 12.4 Å². The molecule has 2 aromatic rings. The molecule has 0 aliphatic heterocycles. The zero-order chi connectivity index (χ0) is 14.4. The number of pyridine rings is 1. The number of sulfonamides is 1. The van der Waals surface area contributed by atoms with Gasteiger partial charge in [0.25, 0.3) is 10.0 Å². The van der Waals surface area contributed by atoms with Crippen LogP contribution < -0.4 is 10.0 Å². The second-order valence-corrected chi connectivity index (χ2v) is 5.87. The molecule has 0 fully saturated rings. The van der Waals surface area contributed by atoms with Gasteiger partial charge < -0.3 is 5.32 Å². The number of nitrogens with zero attached hydrogens (tertiary/aromatic N) is 2. The van der Waals surface area contributed by atoms with Crippen LogP contribution in [0.15, 0.2) is 35.7 Å². The van der Waals surface area contributed by atoms with Crippen LogP contribution in [-0.4, -0.2) is 30.1 Å². The molecule has 7 nitrogen and oxygen atoms in total. The largest absolute Gasteiger partial charge is 0.313 e. The molecule has 3 N–H and O–H groups in total. The Morgan fingerprint density at radius 2 is 2.20 bits per heavy atom. The first kappa shape index (κ1) is 14.5. The number of H-pyrrole nitrogens is 1. The van der Waals surface area contributed by atoms with E-state index in [-0.39, 0.29) is 5.03 Å². The van der Waals surface area contributed by atoms with Crippen molar-refractivity contribution < 1.29 is 8.42 Å². The molecule has 0 unspecified atom stereocenters. The minimum Gasteiger partial charge on any atom is -0.313 e. The maximum atomic E-state index is 12.3. The van der Waals surface area contributed by atoms with Gasteiger partial charge in [0.15, 0.2) is 5.03 Å². The Hall–Kier alpha value is -1.93. The lowest BCUT2D eigenvalue weighted by atomic mass is 10.3. The Morgan fingerprint density at radius 1 is 1.35 bits per heavy atom. The van der Waals surface area contributed by atoms with Crippen LogP contribution >= 0.6 is 0 Å². The number of rotatable bonds is 7. The van der Waals surface area contributed by atoms with Crippen molar-refractivity contribution in [2.45, 2.75) is 24.9 Å². The van der Waals surface area contributed by atoms with Gasteiger partial charge in [-0.1, -0.05) is 6.92 Å². The summed E-state index contributed by atoms with van der Waals surface area (Å²) in [6.45, 7) is 3.32. The van der Waals surface area contributed by atoms with E-state index in [9.17, 15) is 8.42 Å². The highest BCUT2D eigenvalue weighted by atomic mass is 32.2. The van der Waals surface area contributed by atoms with Crippen LogP contribution in [0.2, 0.25) is 0 Å². The monoisotopic (exact) mass is 295 g/mol. The first-order valence-electron chi connectivity index (χ1n) is 6.29. The van der Waals surface area contributed by atoms with Gasteiger partial charge >= 0.3 is 0 Å². The fraction of sp³-hybridized carbons (Fsp3) is 0.333. The second-order valence-electron chi connectivity index (χ2n) is 4.25. The van der Waals surface area contributed by atoms with Crippen molar-refractivity contribution in [3.63, 3.8) is 0 Å². The molecule has 0 aliphatic carbocycles. The Labute approximate surface area is 117 Å². The third-order valence-electron chi connectivity index (χ3n) is 2.60. The predicted molar refractivity (Wildman–Crippen MR) is 75.6 cm³/mol. The van der Waals surface area contributed by atoms with Crippen molar-refractivity contribution >= 4 is 15.7 Å². The summed E-state index contributed by atoms with van der Waals surface area (Å²) in [6.07, 6.45) is 5.52. The number of hydrogen-bond donors (Lipinski definition) is 3. The molecule has 0 spiro atoms. The Kier molecular flexibility index (Phi) is 4.70. The van der Waals surface area contributed by atoms with Gasteiger partial charge in [0.2, 0.25) is 0 Å². The standard InChI is InChI=1S/C12H17N5O2S/c1-2-5-13-7-10-8-15-16-12(10)20(18,19)17-11-4-3-6-14-9-11/h3-4,6,8-9,13,17H,2,5,7H2,1H3,(H,15,16). The van der Waals surface area contributed by atoms with Gasteiger partial charge in [-0.3, -0.25) is 14.8 Å². The van der Waals surface area contributed by atoms with Gasteiger partial charge in [-0.05, 0) is 25.1 Å². The van der Waals surface area contributed by atoms with Crippen LogP contribution in [0.3, 0.4) is 0 Å². The van der Waals surface area contributed by atoms with E-state index >= 15 is 0 Å². The third-order valence-corrected chi connectivity index (χ3v) is 4.00. The number of hydrogen-bond acceptors (Lipinski definition) is 5. The number of aromatic nitrogens is 3. The van der Waals surface area contributed by atoms with E-state index in [4.69, 9.17) is 0 Å². The average Bonchev–Trinajstić information content (AvgIpc) is 2.89. The summed E-state index contributed by atoms with van der Waals surface area (Å²) in [5, 5.41) is 9.56. The highest BCUT2D eigenvalue weighted by Crippen LogP contribution is 2.16. The molecule has 0 atom stereocenters. The van der Waals surface area contributed by atoms with E-state index < -0.39 is 10.0 Å². The van der Waals surface area contributed by atoms with Gasteiger partial charge in [-0.2, -0.15) is 13.5 Å². The van der Waals surface area contributed by atoms with Crippen molar-refractivity contribution in [2.24, 2.45) is 0 Å². The molecule has 0 aliphatic rings. The van der Waals surface area contributed by atoms with E-state index in [0.717, 1.165) is 13.0 Å². The molecular formula is C12H17N5O2S. The second kappa shape index (κ2) is 6.49. The van der Waals surface area contributed by atoms with Crippen molar-refractivity contribution in [3.05, 3.63) is 36.3 Å². The summed E-state index contributed by atoms with van der Waals surface area (Å²) >= 11 is 0. The summed E-state index contributed by atoms with van der Waals surface area (Å²) in [5.41, 5.74) is 1.02. The molecule has 2 rings (SSSR count). The first-order chi connectivity index (χ1) is 9.63. The molecule has 0 radical (unpaired) electrons. The molecular weight excluding hydrogens is 278 g/mol. The molecule has 0 bridgehead atoms. The van der Waals surface area contributed by atoms with E-state index in [1.54, 1.807) is 18.3 Å².